The molecule has 0 aliphatic heterocycles. The summed E-state index contributed by atoms with van der Waals surface area (Å²) in [5.74, 6) is 0.921. The van der Waals surface area contributed by atoms with Gasteiger partial charge in [0.15, 0.2) is 10.3 Å². The van der Waals surface area contributed by atoms with Gasteiger partial charge < -0.3 is 10.5 Å². The van der Waals surface area contributed by atoms with Crippen molar-refractivity contribution in [1.29, 1.82) is 0 Å². The van der Waals surface area contributed by atoms with Crippen LogP contribution in [0.4, 0.5) is 5.13 Å². The number of para-hydroxylation sites is 1. The van der Waals surface area contributed by atoms with E-state index in [1.807, 2.05) is 0 Å². The summed E-state index contributed by atoms with van der Waals surface area (Å²) in [6, 6.07) is 6.35. The summed E-state index contributed by atoms with van der Waals surface area (Å²) in [5, 5.41) is 0.953. The normalized spacial score (nSPS) is 21.0. The van der Waals surface area contributed by atoms with E-state index in [0.717, 1.165) is 35.9 Å². The van der Waals surface area contributed by atoms with E-state index in [1.54, 1.807) is 23.7 Å². The molecule has 5 nitrogen and oxygen atoms in total. The summed E-state index contributed by atoms with van der Waals surface area (Å²) in [7, 11) is 0. The first-order valence-electron chi connectivity index (χ1n) is 7.99. The summed E-state index contributed by atoms with van der Waals surface area (Å²) in [5.41, 5.74) is 8.23. The summed E-state index contributed by atoms with van der Waals surface area (Å²) >= 11 is 7.56. The smallest absolute Gasteiger partial charge is 0.252 e. The summed E-state index contributed by atoms with van der Waals surface area (Å²) in [6.07, 6.45) is 7.33. The van der Waals surface area contributed by atoms with E-state index in [9.17, 15) is 0 Å². The molecule has 1 aliphatic carbocycles. The van der Waals surface area contributed by atoms with Crippen molar-refractivity contribution in [2.24, 2.45) is 0 Å². The lowest BCUT2D eigenvalue weighted by atomic mass is 9.82. The number of anilines is 1. The number of fused-ring (bicyclic) bond motifs is 1. The molecule has 0 bridgehead atoms. The maximum Gasteiger partial charge on any atom is 0.252 e. The standard InChI is InChI=1S/C17H17ClN4OS/c18-15-16(21-9-8-20-15)23-11-6-4-10(5-7-11)12-2-1-3-13-14(12)22-17(19)24-13/h1-3,8-11H,4-7H2,(H2,19,22). The van der Waals surface area contributed by atoms with Gasteiger partial charge in [0.2, 0.25) is 0 Å². The number of rotatable bonds is 3. The van der Waals surface area contributed by atoms with Crippen LogP contribution in [0.5, 0.6) is 5.88 Å². The highest BCUT2D eigenvalue weighted by atomic mass is 35.5. The van der Waals surface area contributed by atoms with Gasteiger partial charge in [-0.2, -0.15) is 0 Å². The van der Waals surface area contributed by atoms with Crippen molar-refractivity contribution in [3.63, 3.8) is 0 Å². The zero-order valence-corrected chi connectivity index (χ0v) is 14.6. The number of ether oxygens (including phenoxy) is 1. The van der Waals surface area contributed by atoms with Crippen LogP contribution >= 0.6 is 22.9 Å². The van der Waals surface area contributed by atoms with E-state index in [1.165, 1.54) is 5.56 Å². The lowest BCUT2D eigenvalue weighted by Gasteiger charge is -2.29. The van der Waals surface area contributed by atoms with Crippen LogP contribution in [0.3, 0.4) is 0 Å². The molecule has 1 fully saturated rings. The highest BCUT2D eigenvalue weighted by Gasteiger charge is 2.26. The highest BCUT2D eigenvalue weighted by Crippen LogP contribution is 2.39. The van der Waals surface area contributed by atoms with Gasteiger partial charge in [-0.1, -0.05) is 35.1 Å². The van der Waals surface area contributed by atoms with Gasteiger partial charge in [-0.15, -0.1) is 0 Å². The third-order valence-corrected chi connectivity index (χ3v) is 5.59. The molecule has 1 aromatic carbocycles. The maximum atomic E-state index is 6.02. The lowest BCUT2D eigenvalue weighted by Crippen LogP contribution is -2.24. The molecular weight excluding hydrogens is 344 g/mol. The molecule has 3 aromatic rings. The third kappa shape index (κ3) is 3.03. The first-order valence-corrected chi connectivity index (χ1v) is 9.18. The van der Waals surface area contributed by atoms with Crippen LogP contribution < -0.4 is 10.5 Å². The second-order valence-electron chi connectivity index (χ2n) is 5.99. The van der Waals surface area contributed by atoms with Crippen molar-refractivity contribution in [3.05, 3.63) is 41.3 Å². The molecule has 0 radical (unpaired) electrons. The Labute approximate surface area is 148 Å². The molecule has 0 spiro atoms. The van der Waals surface area contributed by atoms with Crippen LogP contribution in [0, 0.1) is 0 Å². The minimum atomic E-state index is 0.134. The first kappa shape index (κ1) is 15.6. The molecule has 2 heterocycles. The van der Waals surface area contributed by atoms with Crippen LogP contribution in [0.1, 0.15) is 37.2 Å². The van der Waals surface area contributed by atoms with Gasteiger partial charge in [0.25, 0.3) is 5.88 Å². The molecule has 2 aromatic heterocycles. The predicted molar refractivity (Wildman–Crippen MR) is 96.7 cm³/mol. The number of thiazole rings is 1. The zero-order valence-electron chi connectivity index (χ0n) is 13.0. The van der Waals surface area contributed by atoms with Crippen molar-refractivity contribution in [1.82, 2.24) is 15.0 Å². The lowest BCUT2D eigenvalue weighted by molar-refractivity contribution is 0.140. The average molecular weight is 361 g/mol. The molecule has 0 amide bonds. The van der Waals surface area contributed by atoms with Crippen LogP contribution in [0.15, 0.2) is 30.6 Å². The molecular formula is C17H17ClN4OS. The van der Waals surface area contributed by atoms with Crippen molar-refractivity contribution in [2.75, 3.05) is 5.73 Å². The number of halogens is 1. The van der Waals surface area contributed by atoms with E-state index < -0.39 is 0 Å². The fraction of sp³-hybridized carbons (Fsp3) is 0.353. The number of hydrogen-bond donors (Lipinski definition) is 1. The van der Waals surface area contributed by atoms with Gasteiger partial charge in [-0.05, 0) is 43.2 Å². The van der Waals surface area contributed by atoms with Crippen molar-refractivity contribution in [2.45, 2.75) is 37.7 Å². The number of aromatic nitrogens is 3. The maximum absolute atomic E-state index is 6.02. The largest absolute Gasteiger partial charge is 0.472 e. The summed E-state index contributed by atoms with van der Waals surface area (Å²) < 4.78 is 7.08. The van der Waals surface area contributed by atoms with E-state index in [-0.39, 0.29) is 6.10 Å². The predicted octanol–water partition coefficient (Wildman–Crippen LogP) is 4.43. The Kier molecular flexibility index (Phi) is 4.24. The van der Waals surface area contributed by atoms with Gasteiger partial charge in [0, 0.05) is 12.4 Å². The second-order valence-corrected chi connectivity index (χ2v) is 7.41. The number of benzene rings is 1. The Bertz CT molecular complexity index is 861. The molecule has 24 heavy (non-hydrogen) atoms. The van der Waals surface area contributed by atoms with Crippen LogP contribution in [0.2, 0.25) is 5.15 Å². The Morgan fingerprint density at radius 2 is 1.92 bits per heavy atom. The second kappa shape index (κ2) is 6.53. The fourth-order valence-corrected chi connectivity index (χ4v) is 4.27. The third-order valence-electron chi connectivity index (χ3n) is 4.48. The quantitative estimate of drug-likeness (QED) is 0.748. The Morgan fingerprint density at radius 1 is 1.12 bits per heavy atom. The van der Waals surface area contributed by atoms with Gasteiger partial charge in [0.1, 0.15) is 6.10 Å². The fourth-order valence-electron chi connectivity index (χ4n) is 3.35. The summed E-state index contributed by atoms with van der Waals surface area (Å²) in [4.78, 5) is 12.7. The van der Waals surface area contributed by atoms with Crippen LogP contribution in [-0.4, -0.2) is 21.1 Å². The van der Waals surface area contributed by atoms with E-state index in [2.05, 4.69) is 33.2 Å². The van der Waals surface area contributed by atoms with Crippen molar-refractivity contribution < 1.29 is 4.74 Å². The number of hydrogen-bond acceptors (Lipinski definition) is 6. The highest BCUT2D eigenvalue weighted by molar-refractivity contribution is 7.22. The number of nitrogens with zero attached hydrogens (tertiary/aromatic N) is 3. The van der Waals surface area contributed by atoms with Crippen molar-refractivity contribution >= 4 is 38.3 Å². The van der Waals surface area contributed by atoms with E-state index in [0.29, 0.717) is 22.1 Å². The molecule has 2 N–H and O–H groups in total. The molecule has 4 rings (SSSR count). The zero-order chi connectivity index (χ0) is 16.5. The first-order chi connectivity index (χ1) is 11.7. The van der Waals surface area contributed by atoms with Gasteiger partial charge in [0.05, 0.1) is 10.2 Å². The SMILES string of the molecule is Nc1nc2c(C3CCC(Oc4nccnc4Cl)CC3)cccc2s1. The number of nitrogen functional groups attached to an aromatic ring is 1. The molecule has 1 aliphatic rings. The van der Waals surface area contributed by atoms with Crippen molar-refractivity contribution in [3.8, 4) is 5.88 Å². The molecule has 7 heteroatoms. The monoisotopic (exact) mass is 360 g/mol. The van der Waals surface area contributed by atoms with E-state index >= 15 is 0 Å². The molecule has 0 saturated heterocycles. The summed E-state index contributed by atoms with van der Waals surface area (Å²) in [6.45, 7) is 0. The van der Waals surface area contributed by atoms with Gasteiger partial charge >= 0.3 is 0 Å². The minimum absolute atomic E-state index is 0.134. The molecule has 0 unspecified atom stereocenters. The molecule has 1 saturated carbocycles. The van der Waals surface area contributed by atoms with Gasteiger partial charge in [-0.3, -0.25) is 0 Å². The molecule has 0 atom stereocenters. The average Bonchev–Trinajstić information content (AvgIpc) is 2.98. The Hall–Kier alpha value is -1.92. The Morgan fingerprint density at radius 3 is 2.71 bits per heavy atom. The number of nitrogens with two attached hydrogens (primary N) is 1. The minimum Gasteiger partial charge on any atom is -0.472 e. The van der Waals surface area contributed by atoms with Crippen LogP contribution in [0.25, 0.3) is 10.2 Å². The Balaban J connectivity index is 1.47. The van der Waals surface area contributed by atoms with E-state index in [4.69, 9.17) is 22.1 Å². The van der Waals surface area contributed by atoms with Gasteiger partial charge in [-0.25, -0.2) is 15.0 Å². The molecule has 124 valence electrons. The topological polar surface area (TPSA) is 73.9 Å². The van der Waals surface area contributed by atoms with Crippen LogP contribution in [-0.2, 0) is 0 Å².